The molecule has 0 radical (unpaired) electrons. The molecule has 0 spiro atoms. The number of aryl methyl sites for hydroxylation is 1. The molecule has 1 unspecified atom stereocenters. The third-order valence-electron chi connectivity index (χ3n) is 3.93. The predicted molar refractivity (Wildman–Crippen MR) is 80.6 cm³/mol. The van der Waals surface area contributed by atoms with Gasteiger partial charge in [0.05, 0.1) is 5.92 Å². The highest BCUT2D eigenvalue weighted by atomic mass is 16.4. The van der Waals surface area contributed by atoms with E-state index >= 15 is 0 Å². The molecule has 118 valence electrons. The molecule has 6 nitrogen and oxygen atoms in total. The average Bonchev–Trinajstić information content (AvgIpc) is 2.75. The summed E-state index contributed by atoms with van der Waals surface area (Å²) in [6.07, 6.45) is 1.28. The van der Waals surface area contributed by atoms with Gasteiger partial charge in [-0.05, 0) is 11.6 Å². The second-order valence-electron chi connectivity index (χ2n) is 5.74. The van der Waals surface area contributed by atoms with Gasteiger partial charge >= 0.3 is 11.9 Å². The van der Waals surface area contributed by atoms with Crippen LogP contribution in [0, 0.1) is 5.92 Å². The molecule has 2 rings (SSSR count). The molecule has 0 saturated carbocycles. The number of para-hydroxylation sites is 1. The molecule has 2 aromatic rings. The minimum Gasteiger partial charge on any atom is -0.481 e. The second-order valence-corrected chi connectivity index (χ2v) is 5.74. The summed E-state index contributed by atoms with van der Waals surface area (Å²) in [6.45, 7) is 1.39. The minimum absolute atomic E-state index is 0.138. The molecule has 1 aromatic carbocycles. The van der Waals surface area contributed by atoms with Crippen molar-refractivity contribution in [3.05, 3.63) is 36.0 Å². The third-order valence-corrected chi connectivity index (χ3v) is 3.93. The van der Waals surface area contributed by atoms with Gasteiger partial charge in [-0.15, -0.1) is 0 Å². The quantitative estimate of drug-likeness (QED) is 0.753. The van der Waals surface area contributed by atoms with Crippen LogP contribution in [0.2, 0.25) is 0 Å². The van der Waals surface area contributed by atoms with Crippen LogP contribution in [-0.2, 0) is 23.1 Å². The fourth-order valence-corrected chi connectivity index (χ4v) is 2.71. The summed E-state index contributed by atoms with van der Waals surface area (Å²) in [5.74, 6) is -3.48. The van der Waals surface area contributed by atoms with Crippen LogP contribution in [0.25, 0.3) is 10.9 Å². The minimum atomic E-state index is -2.11. The Balaban J connectivity index is 2.38. The highest BCUT2D eigenvalue weighted by Crippen LogP contribution is 2.28. The van der Waals surface area contributed by atoms with Crippen LogP contribution in [0.5, 0.6) is 0 Å². The van der Waals surface area contributed by atoms with E-state index in [1.807, 2.05) is 35.9 Å². The van der Waals surface area contributed by atoms with E-state index < -0.39 is 23.5 Å². The van der Waals surface area contributed by atoms with Crippen molar-refractivity contribution in [1.29, 1.82) is 0 Å². The van der Waals surface area contributed by atoms with Crippen LogP contribution < -0.4 is 0 Å². The SMILES string of the molecule is C[C@@H](CC(O)(Cc1cn(C)c2ccccc12)C(=O)O)C(=O)O. The van der Waals surface area contributed by atoms with Gasteiger partial charge in [-0.2, -0.15) is 0 Å². The van der Waals surface area contributed by atoms with Crippen molar-refractivity contribution < 1.29 is 24.9 Å². The molecule has 0 fully saturated rings. The zero-order valence-electron chi connectivity index (χ0n) is 12.5. The summed E-state index contributed by atoms with van der Waals surface area (Å²) in [6, 6.07) is 7.47. The van der Waals surface area contributed by atoms with E-state index in [9.17, 15) is 19.8 Å². The number of aliphatic carboxylic acids is 2. The van der Waals surface area contributed by atoms with Gasteiger partial charge in [0, 0.05) is 37.0 Å². The summed E-state index contributed by atoms with van der Waals surface area (Å²) >= 11 is 0. The zero-order valence-corrected chi connectivity index (χ0v) is 12.5. The van der Waals surface area contributed by atoms with Crippen LogP contribution in [0.15, 0.2) is 30.5 Å². The number of rotatable bonds is 6. The van der Waals surface area contributed by atoms with Gasteiger partial charge < -0.3 is 19.9 Å². The van der Waals surface area contributed by atoms with E-state index in [4.69, 9.17) is 5.11 Å². The highest BCUT2D eigenvalue weighted by Gasteiger charge is 2.39. The Morgan fingerprint density at radius 1 is 1.27 bits per heavy atom. The van der Waals surface area contributed by atoms with Gasteiger partial charge in [0.25, 0.3) is 0 Å². The van der Waals surface area contributed by atoms with E-state index in [-0.39, 0.29) is 12.8 Å². The fourth-order valence-electron chi connectivity index (χ4n) is 2.71. The smallest absolute Gasteiger partial charge is 0.336 e. The van der Waals surface area contributed by atoms with Crippen molar-refractivity contribution in [3.8, 4) is 0 Å². The maximum absolute atomic E-state index is 11.5. The summed E-state index contributed by atoms with van der Waals surface area (Å²) < 4.78 is 1.85. The van der Waals surface area contributed by atoms with Gasteiger partial charge in [0.15, 0.2) is 5.60 Å². The van der Waals surface area contributed by atoms with E-state index in [1.54, 1.807) is 6.20 Å². The van der Waals surface area contributed by atoms with Crippen molar-refractivity contribution in [3.63, 3.8) is 0 Å². The van der Waals surface area contributed by atoms with E-state index in [0.717, 1.165) is 10.9 Å². The Bertz CT molecular complexity index is 720. The average molecular weight is 305 g/mol. The van der Waals surface area contributed by atoms with Crippen LogP contribution in [-0.4, -0.2) is 37.4 Å². The number of fused-ring (bicyclic) bond motifs is 1. The molecule has 1 aromatic heterocycles. The first-order valence-corrected chi connectivity index (χ1v) is 6.96. The van der Waals surface area contributed by atoms with Crippen LogP contribution in [0.3, 0.4) is 0 Å². The zero-order chi connectivity index (χ0) is 16.5. The summed E-state index contributed by atoms with van der Waals surface area (Å²) in [7, 11) is 1.84. The Kier molecular flexibility index (Phi) is 4.23. The first-order valence-electron chi connectivity index (χ1n) is 6.96. The number of nitrogens with zero attached hydrogens (tertiary/aromatic N) is 1. The molecule has 22 heavy (non-hydrogen) atoms. The number of carbonyl (C=O) groups is 2. The first-order chi connectivity index (χ1) is 10.2. The summed E-state index contributed by atoms with van der Waals surface area (Å²) in [4.78, 5) is 22.4. The van der Waals surface area contributed by atoms with Gasteiger partial charge in [-0.1, -0.05) is 25.1 Å². The largest absolute Gasteiger partial charge is 0.481 e. The number of aliphatic hydroxyl groups is 1. The van der Waals surface area contributed by atoms with Crippen molar-refractivity contribution >= 4 is 22.8 Å². The molecular weight excluding hydrogens is 286 g/mol. The van der Waals surface area contributed by atoms with Gasteiger partial charge in [0.2, 0.25) is 0 Å². The number of carboxylic acid groups (broad SMARTS) is 2. The maximum atomic E-state index is 11.5. The molecule has 0 bridgehead atoms. The molecule has 3 N–H and O–H groups in total. The van der Waals surface area contributed by atoms with Crippen LogP contribution in [0.1, 0.15) is 18.9 Å². The lowest BCUT2D eigenvalue weighted by atomic mass is 9.86. The van der Waals surface area contributed by atoms with E-state index in [0.29, 0.717) is 5.56 Å². The first kappa shape index (κ1) is 16.0. The van der Waals surface area contributed by atoms with Gasteiger partial charge in [0.1, 0.15) is 0 Å². The number of aromatic nitrogens is 1. The Morgan fingerprint density at radius 2 is 1.91 bits per heavy atom. The molecule has 6 heteroatoms. The lowest BCUT2D eigenvalue weighted by Gasteiger charge is -2.25. The molecule has 0 aliphatic heterocycles. The predicted octanol–water partition coefficient (Wildman–Crippen LogP) is 1.65. The van der Waals surface area contributed by atoms with Crippen molar-refractivity contribution in [2.75, 3.05) is 0 Å². The molecule has 2 atom stereocenters. The highest BCUT2D eigenvalue weighted by molar-refractivity contribution is 5.86. The molecular formula is C16H19NO5. The Labute approximate surface area is 127 Å². The molecule has 0 aliphatic carbocycles. The van der Waals surface area contributed by atoms with Crippen LogP contribution in [0.4, 0.5) is 0 Å². The molecule has 0 aliphatic rings. The van der Waals surface area contributed by atoms with Crippen molar-refractivity contribution in [1.82, 2.24) is 4.57 Å². The summed E-state index contributed by atoms with van der Waals surface area (Å²) in [5.41, 5.74) is -0.501. The van der Waals surface area contributed by atoms with Crippen LogP contribution >= 0.6 is 0 Å². The van der Waals surface area contributed by atoms with E-state index in [1.165, 1.54) is 6.92 Å². The molecule has 1 heterocycles. The lowest BCUT2D eigenvalue weighted by Crippen LogP contribution is -2.43. The second kappa shape index (κ2) is 5.81. The fraction of sp³-hybridized carbons (Fsp3) is 0.375. The Morgan fingerprint density at radius 3 is 2.50 bits per heavy atom. The summed E-state index contributed by atoms with van der Waals surface area (Å²) in [5, 5.41) is 29.6. The lowest BCUT2D eigenvalue weighted by molar-refractivity contribution is -0.162. The normalized spacial score (nSPS) is 15.4. The van der Waals surface area contributed by atoms with Crippen molar-refractivity contribution in [2.45, 2.75) is 25.4 Å². The monoisotopic (exact) mass is 305 g/mol. The maximum Gasteiger partial charge on any atom is 0.336 e. The number of hydrogen-bond acceptors (Lipinski definition) is 3. The third kappa shape index (κ3) is 2.96. The topological polar surface area (TPSA) is 99.8 Å². The molecule has 0 amide bonds. The number of hydrogen-bond donors (Lipinski definition) is 3. The van der Waals surface area contributed by atoms with E-state index in [2.05, 4.69) is 0 Å². The Hall–Kier alpha value is -2.34. The van der Waals surface area contributed by atoms with Gasteiger partial charge in [-0.3, -0.25) is 4.79 Å². The standard InChI is InChI=1S/C16H19NO5/c1-10(14(18)19)7-16(22,15(20)21)8-11-9-17(2)13-6-4-3-5-12(11)13/h3-6,9-10,22H,7-8H2,1-2H3,(H,18,19)(H,20,21)/t10-,16?/m0/s1. The number of benzene rings is 1. The molecule has 0 saturated heterocycles. The number of carboxylic acids is 2. The van der Waals surface area contributed by atoms with Gasteiger partial charge in [-0.25, -0.2) is 4.79 Å². The van der Waals surface area contributed by atoms with Crippen molar-refractivity contribution in [2.24, 2.45) is 13.0 Å².